The summed E-state index contributed by atoms with van der Waals surface area (Å²) >= 11 is 0. The minimum atomic E-state index is -1.32. The maximum absolute atomic E-state index is 13.9. The quantitative estimate of drug-likeness (QED) is 0.832. The monoisotopic (exact) mass is 389 g/mol. The summed E-state index contributed by atoms with van der Waals surface area (Å²) in [4.78, 5) is 26.4. The molecule has 2 aliphatic rings. The van der Waals surface area contributed by atoms with Gasteiger partial charge in [-0.05, 0) is 24.5 Å². The third kappa shape index (κ3) is 2.92. The number of piperidine rings is 1. The van der Waals surface area contributed by atoms with Gasteiger partial charge in [-0.3, -0.25) is 4.79 Å². The van der Waals surface area contributed by atoms with Crippen molar-refractivity contribution < 1.29 is 19.0 Å². The van der Waals surface area contributed by atoms with Gasteiger partial charge < -0.3 is 25.0 Å². The smallest absolute Gasteiger partial charge is 0.341 e. The largest absolute Gasteiger partial charge is 0.492 e. The van der Waals surface area contributed by atoms with Gasteiger partial charge >= 0.3 is 5.97 Å². The van der Waals surface area contributed by atoms with E-state index < -0.39 is 23.6 Å². The minimum absolute atomic E-state index is 0.0180. The van der Waals surface area contributed by atoms with Crippen LogP contribution >= 0.6 is 0 Å². The molecule has 1 aliphatic heterocycles. The van der Waals surface area contributed by atoms with Crippen molar-refractivity contribution in [3.8, 4) is 5.75 Å². The van der Waals surface area contributed by atoms with Crippen LogP contribution in [0.25, 0.3) is 10.9 Å². The molecule has 0 amide bonds. The summed E-state index contributed by atoms with van der Waals surface area (Å²) < 4.78 is 21.1. The Morgan fingerprint density at radius 2 is 2.11 bits per heavy atom. The van der Waals surface area contributed by atoms with Crippen molar-refractivity contribution in [3.05, 3.63) is 34.1 Å². The molecule has 4 unspecified atom stereocenters. The van der Waals surface area contributed by atoms with E-state index in [1.54, 1.807) is 16.7 Å². The third-order valence-corrected chi connectivity index (χ3v) is 5.96. The molecule has 4 rings (SSSR count). The lowest BCUT2D eigenvalue weighted by molar-refractivity contribution is 0.0694. The number of hydrogen-bond acceptors (Lipinski definition) is 5. The van der Waals surface area contributed by atoms with Crippen LogP contribution in [0.3, 0.4) is 0 Å². The molecule has 2 fully saturated rings. The molecule has 3 N–H and O–H groups in total. The number of aromatic carboxylic acids is 1. The van der Waals surface area contributed by atoms with Gasteiger partial charge in [-0.15, -0.1) is 0 Å². The molecule has 1 aliphatic carbocycles. The number of carbonyl (C=O) groups is 1. The molecule has 0 bridgehead atoms. The van der Waals surface area contributed by atoms with Crippen molar-refractivity contribution in [1.82, 2.24) is 4.57 Å². The average molecular weight is 389 g/mol. The lowest BCUT2D eigenvalue weighted by Gasteiger charge is -2.37. The fourth-order valence-electron chi connectivity index (χ4n) is 4.03. The van der Waals surface area contributed by atoms with Gasteiger partial charge in [0, 0.05) is 31.7 Å². The Morgan fingerprint density at radius 3 is 2.68 bits per heavy atom. The number of hydrogen-bond donors (Lipinski definition) is 2. The maximum Gasteiger partial charge on any atom is 0.341 e. The van der Waals surface area contributed by atoms with E-state index in [1.807, 2.05) is 0 Å². The summed E-state index contributed by atoms with van der Waals surface area (Å²) in [7, 11) is 1.50. The summed E-state index contributed by atoms with van der Waals surface area (Å²) in [5, 5.41) is 9.61. The van der Waals surface area contributed by atoms with Crippen molar-refractivity contribution in [2.75, 3.05) is 25.1 Å². The molecule has 4 atom stereocenters. The first-order valence-electron chi connectivity index (χ1n) is 9.47. The highest BCUT2D eigenvalue weighted by atomic mass is 19.1. The second-order valence-electron chi connectivity index (χ2n) is 7.79. The molecule has 2 aromatic rings. The van der Waals surface area contributed by atoms with Crippen LogP contribution < -0.4 is 20.8 Å². The number of carboxylic acids is 1. The fraction of sp³-hybridized carbons (Fsp3) is 0.500. The molecule has 28 heavy (non-hydrogen) atoms. The number of benzene rings is 1. The summed E-state index contributed by atoms with van der Waals surface area (Å²) in [6.45, 7) is 3.57. The highest BCUT2D eigenvalue weighted by Gasteiger charge is 2.41. The van der Waals surface area contributed by atoms with E-state index in [4.69, 9.17) is 10.5 Å². The van der Waals surface area contributed by atoms with Crippen LogP contribution in [-0.4, -0.2) is 48.1 Å². The molecular formula is C20H24FN3O4. The van der Waals surface area contributed by atoms with Gasteiger partial charge in [-0.25, -0.2) is 9.18 Å². The van der Waals surface area contributed by atoms with Gasteiger partial charge in [0.05, 0.1) is 29.7 Å². The number of halogens is 1. The van der Waals surface area contributed by atoms with Crippen LogP contribution in [0.15, 0.2) is 23.1 Å². The van der Waals surface area contributed by atoms with Crippen molar-refractivity contribution in [2.45, 2.75) is 38.0 Å². The van der Waals surface area contributed by atoms with Gasteiger partial charge in [-0.1, -0.05) is 6.92 Å². The Bertz CT molecular complexity index is 1010. The average Bonchev–Trinajstić information content (AvgIpc) is 3.39. The molecule has 150 valence electrons. The number of ether oxygens (including phenoxy) is 1. The molecule has 2 heterocycles. The van der Waals surface area contributed by atoms with E-state index in [-0.39, 0.29) is 23.4 Å². The van der Waals surface area contributed by atoms with Gasteiger partial charge in [0.15, 0.2) is 5.75 Å². The topological polar surface area (TPSA) is 97.8 Å². The normalized spacial score (nSPS) is 27.1. The van der Waals surface area contributed by atoms with Crippen LogP contribution in [-0.2, 0) is 0 Å². The first-order valence-corrected chi connectivity index (χ1v) is 9.47. The van der Waals surface area contributed by atoms with Gasteiger partial charge in [0.2, 0.25) is 5.43 Å². The number of fused-ring (bicyclic) bond motifs is 1. The highest BCUT2D eigenvalue weighted by molar-refractivity contribution is 5.97. The first kappa shape index (κ1) is 18.7. The van der Waals surface area contributed by atoms with Crippen molar-refractivity contribution in [3.63, 3.8) is 0 Å². The fourth-order valence-corrected chi connectivity index (χ4v) is 4.03. The molecule has 1 saturated carbocycles. The van der Waals surface area contributed by atoms with Crippen molar-refractivity contribution in [1.29, 1.82) is 0 Å². The number of pyridine rings is 1. The molecular weight excluding hydrogens is 365 g/mol. The van der Waals surface area contributed by atoms with Crippen molar-refractivity contribution in [2.24, 2.45) is 11.7 Å². The van der Waals surface area contributed by atoms with E-state index in [2.05, 4.69) is 11.8 Å². The molecule has 8 heteroatoms. The number of methoxy groups -OCH3 is 1. The Labute approximate surface area is 161 Å². The zero-order valence-electron chi connectivity index (χ0n) is 15.9. The third-order valence-electron chi connectivity index (χ3n) is 5.96. The molecule has 1 aromatic carbocycles. The van der Waals surface area contributed by atoms with Crippen LogP contribution in [0.5, 0.6) is 5.75 Å². The summed E-state index contributed by atoms with van der Waals surface area (Å²) in [6.07, 6.45) is 1.40. The van der Waals surface area contributed by atoms with Crippen LogP contribution in [0.4, 0.5) is 10.1 Å². The van der Waals surface area contributed by atoms with Gasteiger partial charge in [-0.2, -0.15) is 0 Å². The predicted octanol–water partition coefficient (Wildman–Crippen LogP) is 2.16. The standard InChI is InChI=1S/C20H24FN3O4/c1-10-5-6-23(9-14(10)22)15-4-3-11-17(19(15)28-2)24(16-7-13(16)21)8-12(18(11)25)20(26)27/h3-4,8,10,13-14,16H,5-7,9,22H2,1-2H3,(H,26,27). The number of aromatic nitrogens is 1. The second-order valence-corrected chi connectivity index (χ2v) is 7.79. The molecule has 1 saturated heterocycles. The number of carboxylic acid groups (broad SMARTS) is 1. The molecule has 0 spiro atoms. The zero-order valence-corrected chi connectivity index (χ0v) is 15.9. The minimum Gasteiger partial charge on any atom is -0.492 e. The lowest BCUT2D eigenvalue weighted by Crippen LogP contribution is -2.47. The Balaban J connectivity index is 1.94. The number of alkyl halides is 1. The van der Waals surface area contributed by atoms with E-state index in [0.717, 1.165) is 18.7 Å². The zero-order chi connectivity index (χ0) is 20.2. The van der Waals surface area contributed by atoms with E-state index >= 15 is 0 Å². The van der Waals surface area contributed by atoms with Gasteiger partial charge in [0.1, 0.15) is 11.7 Å². The lowest BCUT2D eigenvalue weighted by atomic mass is 9.93. The number of nitrogens with zero attached hydrogens (tertiary/aromatic N) is 2. The van der Waals surface area contributed by atoms with E-state index in [0.29, 0.717) is 23.7 Å². The first-order chi connectivity index (χ1) is 13.3. The highest BCUT2D eigenvalue weighted by Crippen LogP contribution is 2.44. The molecule has 0 radical (unpaired) electrons. The van der Waals surface area contributed by atoms with E-state index in [9.17, 15) is 19.1 Å². The number of anilines is 1. The Morgan fingerprint density at radius 1 is 1.39 bits per heavy atom. The maximum atomic E-state index is 13.9. The number of nitrogens with two attached hydrogens (primary N) is 1. The van der Waals surface area contributed by atoms with Crippen LogP contribution in [0.1, 0.15) is 36.2 Å². The molecule has 1 aromatic heterocycles. The Kier molecular flexibility index (Phi) is 4.53. The van der Waals surface area contributed by atoms with Crippen molar-refractivity contribution >= 4 is 22.6 Å². The van der Waals surface area contributed by atoms with E-state index in [1.165, 1.54) is 13.3 Å². The second kappa shape index (κ2) is 6.77. The number of rotatable bonds is 4. The molecule has 7 nitrogen and oxygen atoms in total. The predicted molar refractivity (Wildman–Crippen MR) is 104 cm³/mol. The van der Waals surface area contributed by atoms with Crippen LogP contribution in [0.2, 0.25) is 0 Å². The Hall–Kier alpha value is -2.61. The van der Waals surface area contributed by atoms with Crippen LogP contribution in [0, 0.1) is 5.92 Å². The van der Waals surface area contributed by atoms with Gasteiger partial charge in [0.25, 0.3) is 0 Å². The summed E-state index contributed by atoms with van der Waals surface area (Å²) in [5.41, 5.74) is 6.50. The summed E-state index contributed by atoms with van der Waals surface area (Å²) in [5.74, 6) is -0.457. The SMILES string of the molecule is COc1c(N2CCC(C)C(N)C2)ccc2c(=O)c(C(=O)O)cn(C3CC3F)c12. The summed E-state index contributed by atoms with van der Waals surface area (Å²) in [6, 6.07) is 2.90.